The van der Waals surface area contributed by atoms with Crippen LogP contribution in [-0.4, -0.2) is 46.6 Å². The van der Waals surface area contributed by atoms with E-state index in [4.69, 9.17) is 15.3 Å². The van der Waals surface area contributed by atoms with Gasteiger partial charge in [0.1, 0.15) is 12.2 Å². The average Bonchev–Trinajstić information content (AvgIpc) is 2.17. The van der Waals surface area contributed by atoms with Gasteiger partial charge in [0, 0.05) is 0 Å². The number of halogens is 1. The smallest absolute Gasteiger partial charge is 0.184 e. The number of hydrogen-bond donors (Lipinski definition) is 3. The molecule has 0 saturated carbocycles. The third-order valence-electron chi connectivity index (χ3n) is 1.47. The lowest BCUT2D eigenvalue weighted by Gasteiger charge is -2.06. The molecule has 0 amide bonds. The van der Waals surface area contributed by atoms with Crippen LogP contribution in [0.3, 0.4) is 0 Å². The van der Waals surface area contributed by atoms with Gasteiger partial charge < -0.3 is 20.1 Å². The van der Waals surface area contributed by atoms with Crippen molar-refractivity contribution < 1.29 is 24.4 Å². The maximum Gasteiger partial charge on any atom is 0.184 e. The molecule has 0 aliphatic carbocycles. The van der Waals surface area contributed by atoms with E-state index in [0.29, 0.717) is 0 Å². The molecule has 5 heteroatoms. The van der Waals surface area contributed by atoms with Crippen molar-refractivity contribution in [2.45, 2.75) is 24.7 Å². The molecule has 60 valence electrons. The molecule has 0 unspecified atom stereocenters. The number of ether oxygens (including phenoxy) is 1. The number of hydrogen-bond acceptors (Lipinski definition) is 4. The van der Waals surface area contributed by atoms with Crippen molar-refractivity contribution in [1.29, 1.82) is 0 Å². The Kier molecular flexibility index (Phi) is 2.20. The Labute approximate surface area is 56.9 Å². The predicted octanol–water partition coefficient (Wildman–Crippen LogP) is -1.61. The van der Waals surface area contributed by atoms with Gasteiger partial charge in [-0.2, -0.15) is 0 Å². The first-order valence-corrected chi connectivity index (χ1v) is 2.93. The quantitative estimate of drug-likeness (QED) is 0.423. The minimum Gasteiger partial charge on any atom is -0.394 e. The molecule has 0 radical (unpaired) electrons. The highest BCUT2D eigenvalue weighted by atomic mass is 19.1. The molecular weight excluding hydrogens is 143 g/mol. The predicted molar refractivity (Wildman–Crippen MR) is 28.9 cm³/mol. The van der Waals surface area contributed by atoms with E-state index in [0.717, 1.165) is 0 Å². The summed E-state index contributed by atoms with van der Waals surface area (Å²) < 4.78 is 17.0. The molecule has 1 rings (SSSR count). The van der Waals surface area contributed by atoms with Gasteiger partial charge >= 0.3 is 0 Å². The van der Waals surface area contributed by atoms with Crippen LogP contribution in [0.15, 0.2) is 0 Å². The monoisotopic (exact) mass is 152 g/mol. The number of aliphatic hydroxyl groups is 3. The van der Waals surface area contributed by atoms with E-state index in [-0.39, 0.29) is 0 Å². The zero-order valence-electron chi connectivity index (χ0n) is 5.14. The SMILES string of the molecule is OC[C@H]1O[C@H](O)[C@H](O)[C@@H]1F. The number of aliphatic hydroxyl groups excluding tert-OH is 3. The molecule has 1 aliphatic heterocycles. The lowest BCUT2D eigenvalue weighted by Crippen LogP contribution is -2.29. The van der Waals surface area contributed by atoms with Crippen molar-refractivity contribution in [3.63, 3.8) is 0 Å². The number of rotatable bonds is 1. The van der Waals surface area contributed by atoms with Crippen LogP contribution in [0.25, 0.3) is 0 Å². The topological polar surface area (TPSA) is 69.9 Å². The van der Waals surface area contributed by atoms with Gasteiger partial charge in [0.25, 0.3) is 0 Å². The first-order chi connectivity index (χ1) is 4.66. The Morgan fingerprint density at radius 3 is 2.20 bits per heavy atom. The Bertz CT molecular complexity index is 120. The fourth-order valence-electron chi connectivity index (χ4n) is 0.856. The molecule has 3 N–H and O–H groups in total. The van der Waals surface area contributed by atoms with Gasteiger partial charge in [-0.05, 0) is 0 Å². The molecule has 0 aromatic carbocycles. The van der Waals surface area contributed by atoms with E-state index in [1.807, 2.05) is 0 Å². The van der Waals surface area contributed by atoms with E-state index in [1.54, 1.807) is 0 Å². The summed E-state index contributed by atoms with van der Waals surface area (Å²) in [6.45, 7) is -0.532. The highest BCUT2D eigenvalue weighted by Gasteiger charge is 2.42. The van der Waals surface area contributed by atoms with Crippen LogP contribution in [0.4, 0.5) is 4.39 Å². The standard InChI is InChI=1S/C5H9FO4/c6-3-2(1-7)10-5(9)4(3)8/h2-5,7-9H,1H2/t2-,3-,4-,5+/m1/s1. The van der Waals surface area contributed by atoms with Crippen LogP contribution in [0.1, 0.15) is 0 Å². The molecule has 1 fully saturated rings. The Balaban J connectivity index is 2.53. The molecule has 4 atom stereocenters. The van der Waals surface area contributed by atoms with Crippen molar-refractivity contribution in [2.24, 2.45) is 0 Å². The van der Waals surface area contributed by atoms with Crippen molar-refractivity contribution in [3.8, 4) is 0 Å². The van der Waals surface area contributed by atoms with Gasteiger partial charge in [-0.3, -0.25) is 0 Å². The van der Waals surface area contributed by atoms with Gasteiger partial charge in [-0.1, -0.05) is 0 Å². The molecule has 1 saturated heterocycles. The Morgan fingerprint density at radius 1 is 1.40 bits per heavy atom. The average molecular weight is 152 g/mol. The minimum atomic E-state index is -1.69. The molecular formula is C5H9FO4. The molecule has 10 heavy (non-hydrogen) atoms. The van der Waals surface area contributed by atoms with E-state index in [9.17, 15) is 4.39 Å². The maximum atomic E-state index is 12.5. The first kappa shape index (κ1) is 7.87. The van der Waals surface area contributed by atoms with Crippen LogP contribution in [-0.2, 0) is 4.74 Å². The van der Waals surface area contributed by atoms with Crippen LogP contribution in [0.2, 0.25) is 0 Å². The van der Waals surface area contributed by atoms with Crippen molar-refractivity contribution >= 4 is 0 Å². The molecule has 0 aromatic heterocycles. The summed E-state index contributed by atoms with van der Waals surface area (Å²) in [5, 5.41) is 25.7. The third-order valence-corrected chi connectivity index (χ3v) is 1.47. The summed E-state index contributed by atoms with van der Waals surface area (Å²) in [6.07, 6.45) is -5.82. The van der Waals surface area contributed by atoms with Crippen molar-refractivity contribution in [1.82, 2.24) is 0 Å². The summed E-state index contributed by atoms with van der Waals surface area (Å²) in [5.41, 5.74) is 0. The molecule has 0 spiro atoms. The summed E-state index contributed by atoms with van der Waals surface area (Å²) >= 11 is 0. The molecule has 1 heterocycles. The lowest BCUT2D eigenvalue weighted by atomic mass is 10.2. The van der Waals surface area contributed by atoms with Crippen molar-refractivity contribution in [3.05, 3.63) is 0 Å². The highest BCUT2D eigenvalue weighted by molar-refractivity contribution is 4.85. The first-order valence-electron chi connectivity index (χ1n) is 2.93. The second kappa shape index (κ2) is 2.79. The summed E-state index contributed by atoms with van der Waals surface area (Å²) in [6, 6.07) is 0. The molecule has 0 aromatic rings. The second-order valence-corrected chi connectivity index (χ2v) is 2.18. The summed E-state index contributed by atoms with van der Waals surface area (Å²) in [7, 11) is 0. The fourth-order valence-corrected chi connectivity index (χ4v) is 0.856. The zero-order chi connectivity index (χ0) is 7.72. The van der Waals surface area contributed by atoms with E-state index >= 15 is 0 Å². The highest BCUT2D eigenvalue weighted by Crippen LogP contribution is 2.21. The van der Waals surface area contributed by atoms with E-state index < -0.39 is 31.3 Å². The van der Waals surface area contributed by atoms with Gasteiger partial charge in [0.2, 0.25) is 0 Å². The maximum absolute atomic E-state index is 12.5. The normalized spacial score (nSPS) is 48.0. The van der Waals surface area contributed by atoms with Gasteiger partial charge in [-0.15, -0.1) is 0 Å². The Hall–Kier alpha value is -0.230. The summed E-state index contributed by atoms with van der Waals surface area (Å²) in [5.74, 6) is 0. The van der Waals surface area contributed by atoms with Crippen LogP contribution >= 0.6 is 0 Å². The van der Waals surface area contributed by atoms with Crippen molar-refractivity contribution in [2.75, 3.05) is 6.61 Å². The van der Waals surface area contributed by atoms with E-state index in [1.165, 1.54) is 0 Å². The van der Waals surface area contributed by atoms with Crippen LogP contribution in [0, 0.1) is 0 Å². The molecule has 1 aliphatic rings. The van der Waals surface area contributed by atoms with Crippen LogP contribution in [0.5, 0.6) is 0 Å². The number of alkyl halides is 1. The van der Waals surface area contributed by atoms with Crippen LogP contribution < -0.4 is 0 Å². The third kappa shape index (κ3) is 1.13. The zero-order valence-corrected chi connectivity index (χ0v) is 5.14. The molecule has 0 bridgehead atoms. The Morgan fingerprint density at radius 2 is 2.00 bits per heavy atom. The minimum absolute atomic E-state index is 0.532. The second-order valence-electron chi connectivity index (χ2n) is 2.18. The van der Waals surface area contributed by atoms with Gasteiger partial charge in [0.05, 0.1) is 6.61 Å². The summed E-state index contributed by atoms with van der Waals surface area (Å²) in [4.78, 5) is 0. The van der Waals surface area contributed by atoms with Gasteiger partial charge in [0.15, 0.2) is 12.5 Å². The molecule has 4 nitrogen and oxygen atoms in total. The largest absolute Gasteiger partial charge is 0.394 e. The van der Waals surface area contributed by atoms with E-state index in [2.05, 4.69) is 4.74 Å². The fraction of sp³-hybridized carbons (Fsp3) is 1.00. The van der Waals surface area contributed by atoms with Gasteiger partial charge in [-0.25, -0.2) is 4.39 Å². The lowest BCUT2D eigenvalue weighted by molar-refractivity contribution is -0.132.